The van der Waals surface area contributed by atoms with Crippen LogP contribution in [0.2, 0.25) is 0 Å². The van der Waals surface area contributed by atoms with E-state index in [0.717, 1.165) is 38.5 Å². The number of rotatable bonds is 21. The van der Waals surface area contributed by atoms with Crippen molar-refractivity contribution in [3.8, 4) is 0 Å². The van der Waals surface area contributed by atoms with Crippen molar-refractivity contribution in [2.45, 2.75) is 147 Å². The minimum Gasteiger partial charge on any atom is -0.748 e. The van der Waals surface area contributed by atoms with Crippen LogP contribution < -0.4 is 29.6 Å². The van der Waals surface area contributed by atoms with Crippen LogP contribution in [0.3, 0.4) is 0 Å². The Morgan fingerprint density at radius 3 is 1.41 bits per heavy atom. The van der Waals surface area contributed by atoms with Crippen molar-refractivity contribution in [2.75, 3.05) is 0 Å². The first-order valence-corrected chi connectivity index (χ1v) is 13.5. The Balaban J connectivity index is 0. The van der Waals surface area contributed by atoms with Crippen LogP contribution in [0.4, 0.5) is 0 Å². The molecule has 0 aromatic carbocycles. The van der Waals surface area contributed by atoms with E-state index >= 15 is 0 Å². The maximum atomic E-state index is 11.4. The number of aliphatic hydroxyl groups is 1. The van der Waals surface area contributed by atoms with E-state index in [1.54, 1.807) is 0 Å². The molecule has 0 bridgehead atoms. The van der Waals surface area contributed by atoms with Gasteiger partial charge < -0.3 is 9.66 Å². The molecule has 170 valence electrons. The minimum atomic E-state index is -4.31. The molecule has 29 heavy (non-hydrogen) atoms. The van der Waals surface area contributed by atoms with Gasteiger partial charge >= 0.3 is 29.6 Å². The van der Waals surface area contributed by atoms with Crippen molar-refractivity contribution >= 4 is 10.1 Å². The predicted molar refractivity (Wildman–Crippen MR) is 119 cm³/mol. The van der Waals surface area contributed by atoms with Crippen LogP contribution in [0, 0.1) is 0 Å². The van der Waals surface area contributed by atoms with E-state index < -0.39 is 21.5 Å². The van der Waals surface area contributed by atoms with Gasteiger partial charge in [-0.25, -0.2) is 8.42 Å². The van der Waals surface area contributed by atoms with Gasteiger partial charge in [-0.2, -0.15) is 0 Å². The average molecular weight is 443 g/mol. The first-order chi connectivity index (χ1) is 13.4. The van der Waals surface area contributed by atoms with Crippen LogP contribution in [0.5, 0.6) is 0 Å². The van der Waals surface area contributed by atoms with Crippen LogP contribution in [0.15, 0.2) is 0 Å². The molecule has 0 fully saturated rings. The predicted octanol–water partition coefficient (Wildman–Crippen LogP) is 3.72. The first-order valence-electron chi connectivity index (χ1n) is 12.0. The van der Waals surface area contributed by atoms with E-state index in [2.05, 4.69) is 13.8 Å². The molecule has 0 spiro atoms. The van der Waals surface area contributed by atoms with Crippen molar-refractivity contribution in [1.82, 2.24) is 0 Å². The summed E-state index contributed by atoms with van der Waals surface area (Å²) in [6.45, 7) is 4.35. The molecule has 0 amide bonds. The summed E-state index contributed by atoms with van der Waals surface area (Å²) in [5.74, 6) is 0. The second-order valence-corrected chi connectivity index (χ2v) is 10.2. The standard InChI is InChI=1S/C23H48O4S.Na/c1-3-5-7-9-10-11-12-13-14-15-16-17-19-22(24)21-23(28(25,26)27)20-18-8-6-4-2;/h22-24H,3-21H2,1-2H3,(H,25,26,27);/q;+1/p-1. The van der Waals surface area contributed by atoms with E-state index in [1.165, 1.54) is 64.2 Å². The minimum absolute atomic E-state index is 0. The Labute approximate surface area is 204 Å². The second-order valence-electron chi connectivity index (χ2n) is 8.53. The van der Waals surface area contributed by atoms with Crippen molar-refractivity contribution in [2.24, 2.45) is 0 Å². The van der Waals surface area contributed by atoms with E-state index in [4.69, 9.17) is 0 Å². The molecule has 0 aliphatic heterocycles. The van der Waals surface area contributed by atoms with Gasteiger partial charge in [0.05, 0.1) is 21.5 Å². The van der Waals surface area contributed by atoms with Gasteiger partial charge in [0.15, 0.2) is 0 Å². The van der Waals surface area contributed by atoms with Gasteiger partial charge in [0.25, 0.3) is 0 Å². The summed E-state index contributed by atoms with van der Waals surface area (Å²) >= 11 is 0. The Morgan fingerprint density at radius 2 is 1.00 bits per heavy atom. The third kappa shape index (κ3) is 21.9. The molecule has 2 atom stereocenters. The fourth-order valence-corrected chi connectivity index (χ4v) is 4.73. The maximum Gasteiger partial charge on any atom is 1.00 e. The van der Waals surface area contributed by atoms with E-state index in [-0.39, 0.29) is 36.0 Å². The molecule has 0 saturated heterocycles. The molecule has 0 heterocycles. The zero-order valence-corrected chi connectivity index (χ0v) is 22.5. The van der Waals surface area contributed by atoms with Crippen molar-refractivity contribution < 1.29 is 47.6 Å². The Hall–Kier alpha value is 0.870. The average Bonchev–Trinajstić information content (AvgIpc) is 2.64. The van der Waals surface area contributed by atoms with Crippen molar-refractivity contribution in [1.29, 1.82) is 0 Å². The fourth-order valence-electron chi connectivity index (χ4n) is 3.82. The van der Waals surface area contributed by atoms with E-state index in [9.17, 15) is 18.1 Å². The smallest absolute Gasteiger partial charge is 0.748 e. The van der Waals surface area contributed by atoms with Gasteiger partial charge in [0.1, 0.15) is 0 Å². The van der Waals surface area contributed by atoms with Crippen LogP contribution >= 0.6 is 0 Å². The largest absolute Gasteiger partial charge is 1.00 e. The third-order valence-corrected chi connectivity index (χ3v) is 6.96. The number of hydrogen-bond acceptors (Lipinski definition) is 4. The summed E-state index contributed by atoms with van der Waals surface area (Å²) in [6.07, 6.45) is 19.5. The van der Waals surface area contributed by atoms with Gasteiger partial charge in [-0.05, 0) is 19.3 Å². The molecule has 1 N–H and O–H groups in total. The summed E-state index contributed by atoms with van der Waals surface area (Å²) in [4.78, 5) is 0. The third-order valence-electron chi connectivity index (χ3n) is 5.71. The van der Waals surface area contributed by atoms with Gasteiger partial charge in [0.2, 0.25) is 0 Å². The van der Waals surface area contributed by atoms with Gasteiger partial charge in [-0.1, -0.05) is 117 Å². The van der Waals surface area contributed by atoms with Gasteiger partial charge in [-0.15, -0.1) is 0 Å². The van der Waals surface area contributed by atoms with Gasteiger partial charge in [-0.3, -0.25) is 0 Å². The molecule has 0 aromatic rings. The van der Waals surface area contributed by atoms with Crippen molar-refractivity contribution in [3.05, 3.63) is 0 Å². The van der Waals surface area contributed by atoms with Crippen LogP contribution in [0.25, 0.3) is 0 Å². The Kier molecular flexibility index (Phi) is 24.4. The normalized spacial score (nSPS) is 13.8. The summed E-state index contributed by atoms with van der Waals surface area (Å²) < 4.78 is 34.3. The summed E-state index contributed by atoms with van der Waals surface area (Å²) in [5, 5.41) is 9.22. The maximum absolute atomic E-state index is 11.4. The number of unbranched alkanes of at least 4 members (excludes halogenated alkanes) is 14. The Bertz CT molecular complexity index is 429. The number of hydrogen-bond donors (Lipinski definition) is 1. The van der Waals surface area contributed by atoms with Crippen LogP contribution in [-0.4, -0.2) is 29.4 Å². The fraction of sp³-hybridized carbons (Fsp3) is 1.00. The molecule has 0 aliphatic rings. The van der Waals surface area contributed by atoms with Crippen LogP contribution in [0.1, 0.15) is 136 Å². The zero-order chi connectivity index (χ0) is 21.1. The molecular weight excluding hydrogens is 395 g/mol. The number of aliphatic hydroxyl groups excluding tert-OH is 1. The molecule has 2 unspecified atom stereocenters. The zero-order valence-electron chi connectivity index (χ0n) is 19.7. The molecule has 0 radical (unpaired) electrons. The summed E-state index contributed by atoms with van der Waals surface area (Å²) in [7, 11) is -4.31. The molecular formula is C23H47NaO4S. The van der Waals surface area contributed by atoms with E-state index in [0.29, 0.717) is 12.8 Å². The SMILES string of the molecule is CCCCCCCCCCCCCCC(O)CC(CCCCCC)S(=O)(=O)[O-].[Na+]. The first kappa shape index (κ1) is 32.1. The molecule has 4 nitrogen and oxygen atoms in total. The topological polar surface area (TPSA) is 77.4 Å². The molecule has 0 aliphatic carbocycles. The molecule has 0 rings (SSSR count). The van der Waals surface area contributed by atoms with Gasteiger partial charge in [0, 0.05) is 0 Å². The molecule has 0 aromatic heterocycles. The quantitative estimate of drug-likeness (QED) is 0.167. The Morgan fingerprint density at radius 1 is 0.655 bits per heavy atom. The van der Waals surface area contributed by atoms with Crippen LogP contribution in [-0.2, 0) is 10.1 Å². The summed E-state index contributed by atoms with van der Waals surface area (Å²) in [5.41, 5.74) is 0. The summed E-state index contributed by atoms with van der Waals surface area (Å²) in [6, 6.07) is 0. The molecule has 0 saturated carbocycles. The molecule has 6 heteroatoms. The van der Waals surface area contributed by atoms with E-state index in [1.807, 2.05) is 0 Å². The second kappa shape index (κ2) is 22.1. The monoisotopic (exact) mass is 442 g/mol. The van der Waals surface area contributed by atoms with Crippen molar-refractivity contribution in [3.63, 3.8) is 0 Å².